The summed E-state index contributed by atoms with van der Waals surface area (Å²) >= 11 is 0. The molecule has 0 amide bonds. The lowest BCUT2D eigenvalue weighted by Gasteiger charge is -2.42. The Morgan fingerprint density at radius 1 is 1.11 bits per heavy atom. The van der Waals surface area contributed by atoms with Gasteiger partial charge in [-0.3, -0.25) is 19.2 Å². The zero-order valence-corrected chi connectivity index (χ0v) is 24.9. The lowest BCUT2D eigenvalue weighted by atomic mass is 9.72. The molecule has 0 bridgehead atoms. The molecule has 6 atom stereocenters. The van der Waals surface area contributed by atoms with Crippen LogP contribution in [-0.4, -0.2) is 92.7 Å². The van der Waals surface area contributed by atoms with E-state index in [-0.39, 0.29) is 40.8 Å². The first-order valence-electron chi connectivity index (χ1n) is 14.5. The average Bonchev–Trinajstić information content (AvgIpc) is 3.01. The third-order valence-electron chi connectivity index (χ3n) is 8.54. The molecular weight excluding hydrogens is 594 g/mol. The second kappa shape index (κ2) is 12.5. The van der Waals surface area contributed by atoms with Crippen LogP contribution in [0.2, 0.25) is 0 Å². The number of aromatic hydroxyl groups is 2. The predicted octanol–water partition coefficient (Wildman–Crippen LogP) is 0.890. The van der Waals surface area contributed by atoms with Crippen LogP contribution in [0.5, 0.6) is 17.2 Å². The van der Waals surface area contributed by atoms with Crippen molar-refractivity contribution < 1.29 is 63.8 Å². The van der Waals surface area contributed by atoms with E-state index in [1.165, 1.54) is 32.2 Å². The molecule has 0 spiro atoms. The number of hydrogen-bond donors (Lipinski definition) is 6. The van der Waals surface area contributed by atoms with Crippen molar-refractivity contribution in [3.05, 3.63) is 51.6 Å². The smallest absolute Gasteiger partial charge is 0.324 e. The van der Waals surface area contributed by atoms with Gasteiger partial charge in [-0.15, -0.1) is 5.48 Å². The van der Waals surface area contributed by atoms with Crippen LogP contribution in [0.25, 0.3) is 0 Å². The summed E-state index contributed by atoms with van der Waals surface area (Å²) in [5.74, 6) is -4.52. The fourth-order valence-corrected chi connectivity index (χ4v) is 6.23. The van der Waals surface area contributed by atoms with Gasteiger partial charge >= 0.3 is 5.97 Å². The zero-order valence-electron chi connectivity index (χ0n) is 24.9. The summed E-state index contributed by atoms with van der Waals surface area (Å²) in [6.45, 7) is 2.28. The predicted molar refractivity (Wildman–Crippen MR) is 152 cm³/mol. The Balaban J connectivity index is 1.58. The fraction of sp³-hybridized carbons (Fsp3) is 0.484. The summed E-state index contributed by atoms with van der Waals surface area (Å²) in [7, 11) is 1.31. The molecule has 0 saturated carbocycles. The number of Topliss-reactive ketones (excluding diaryl/α,β-unsaturated/α-hetero) is 1. The van der Waals surface area contributed by atoms with Crippen molar-refractivity contribution in [2.45, 2.75) is 82.2 Å². The molecule has 242 valence electrons. The lowest BCUT2D eigenvalue weighted by molar-refractivity contribution is -0.256. The molecule has 14 nitrogen and oxygen atoms in total. The number of hydroxylamine groups is 1. The van der Waals surface area contributed by atoms with Crippen molar-refractivity contribution in [3.8, 4) is 17.2 Å². The van der Waals surface area contributed by atoms with Crippen LogP contribution in [-0.2, 0) is 30.3 Å². The van der Waals surface area contributed by atoms with Gasteiger partial charge < -0.3 is 44.6 Å². The molecule has 6 N–H and O–H groups in total. The summed E-state index contributed by atoms with van der Waals surface area (Å²) in [5, 5.41) is 54.7. The number of fused-ring (bicyclic) bond motifs is 3. The number of aliphatic hydroxyl groups is 3. The molecule has 1 heterocycles. The largest absolute Gasteiger partial charge is 0.507 e. The van der Waals surface area contributed by atoms with Crippen molar-refractivity contribution in [1.82, 2.24) is 5.48 Å². The number of aliphatic hydroxyl groups excluding tert-OH is 2. The molecule has 1 fully saturated rings. The summed E-state index contributed by atoms with van der Waals surface area (Å²) in [4.78, 5) is 57.1. The maximum atomic E-state index is 13.8. The molecule has 5 rings (SSSR count). The number of benzene rings is 2. The SMILES string of the molecule is CCCC(=O)ONC1CC(O[C@H]2C[C@](O)(C(=O)CO)Cc3c(O)c4c(c(O)c32)C(=O)c2c(OC)cccc2C4=O)OC(C)C1O. The standard InChI is InChI=1S/C31H35NO13/c1-4-6-20(35)45-32-16-9-21(43-13(2)26(16)36)44-18-11-31(41,19(34)12-33)10-15-23(18)30(40)25-24(28(15)38)27(37)14-7-5-8-17(42-3)22(14)29(25)39/h5,7-8,13,16,18,21,26,32-33,36,38,40-41H,4,6,9-12H2,1-3H3/t13?,16?,18-,21?,26?,31-/m0/s1. The molecule has 45 heavy (non-hydrogen) atoms. The van der Waals surface area contributed by atoms with Crippen LogP contribution in [0.15, 0.2) is 18.2 Å². The van der Waals surface area contributed by atoms with Gasteiger partial charge in [0.05, 0.1) is 48.2 Å². The zero-order chi connectivity index (χ0) is 32.8. The summed E-state index contributed by atoms with van der Waals surface area (Å²) in [6.07, 6.45) is -5.18. The first kappa shape index (κ1) is 32.5. The van der Waals surface area contributed by atoms with E-state index >= 15 is 0 Å². The number of rotatable bonds is 9. The van der Waals surface area contributed by atoms with Gasteiger partial charge in [-0.25, -0.2) is 0 Å². The van der Waals surface area contributed by atoms with Crippen LogP contribution in [0.1, 0.15) is 88.6 Å². The van der Waals surface area contributed by atoms with Crippen LogP contribution < -0.4 is 10.2 Å². The highest BCUT2D eigenvalue weighted by molar-refractivity contribution is 6.31. The Kier molecular flexibility index (Phi) is 8.99. The van der Waals surface area contributed by atoms with Crippen LogP contribution >= 0.6 is 0 Å². The summed E-state index contributed by atoms with van der Waals surface area (Å²) in [5.41, 5.74) is -1.38. The molecule has 1 saturated heterocycles. The first-order valence-corrected chi connectivity index (χ1v) is 14.5. The number of hydrogen-bond acceptors (Lipinski definition) is 14. The van der Waals surface area contributed by atoms with Crippen molar-refractivity contribution in [2.24, 2.45) is 0 Å². The van der Waals surface area contributed by atoms with E-state index in [2.05, 4.69) is 5.48 Å². The molecule has 14 heteroatoms. The van der Waals surface area contributed by atoms with Crippen LogP contribution in [0, 0.1) is 0 Å². The van der Waals surface area contributed by atoms with Gasteiger partial charge in [0.25, 0.3) is 0 Å². The Labute approximate surface area is 257 Å². The minimum Gasteiger partial charge on any atom is -0.507 e. The van der Waals surface area contributed by atoms with Crippen LogP contribution in [0.4, 0.5) is 0 Å². The fourth-order valence-electron chi connectivity index (χ4n) is 6.23. The van der Waals surface area contributed by atoms with E-state index < -0.39 is 102 Å². The highest BCUT2D eigenvalue weighted by Crippen LogP contribution is 2.52. The van der Waals surface area contributed by atoms with Gasteiger partial charge in [0.2, 0.25) is 5.78 Å². The Morgan fingerprint density at radius 2 is 1.82 bits per heavy atom. The number of carbonyl (C=O) groups is 4. The Morgan fingerprint density at radius 3 is 2.49 bits per heavy atom. The second-order valence-corrected chi connectivity index (χ2v) is 11.4. The molecule has 3 aliphatic rings. The van der Waals surface area contributed by atoms with Crippen molar-refractivity contribution in [1.29, 1.82) is 0 Å². The maximum absolute atomic E-state index is 13.8. The number of phenolic OH excluding ortho intramolecular Hbond substituents is 2. The minimum absolute atomic E-state index is 0.0742. The van der Waals surface area contributed by atoms with Gasteiger partial charge in [0.1, 0.15) is 29.5 Å². The average molecular weight is 630 g/mol. The van der Waals surface area contributed by atoms with Gasteiger partial charge in [0, 0.05) is 42.4 Å². The first-order chi connectivity index (χ1) is 21.4. The van der Waals surface area contributed by atoms with Gasteiger partial charge in [0.15, 0.2) is 17.9 Å². The van der Waals surface area contributed by atoms with Crippen molar-refractivity contribution in [3.63, 3.8) is 0 Å². The third kappa shape index (κ3) is 5.58. The molecule has 4 unspecified atom stereocenters. The highest BCUT2D eigenvalue weighted by Gasteiger charge is 2.50. The topological polar surface area (TPSA) is 218 Å². The van der Waals surface area contributed by atoms with Crippen LogP contribution in [0.3, 0.4) is 0 Å². The maximum Gasteiger partial charge on any atom is 0.324 e. The minimum atomic E-state index is -2.31. The molecule has 0 radical (unpaired) electrons. The molecule has 0 aromatic heterocycles. The van der Waals surface area contributed by atoms with E-state index in [0.29, 0.717) is 6.42 Å². The normalized spacial score (nSPS) is 27.3. The lowest BCUT2D eigenvalue weighted by Crippen LogP contribution is -2.55. The highest BCUT2D eigenvalue weighted by atomic mass is 16.7. The molecule has 2 aromatic rings. The van der Waals surface area contributed by atoms with E-state index in [1.807, 2.05) is 0 Å². The number of ether oxygens (including phenoxy) is 3. The number of phenols is 2. The molecule has 2 aliphatic carbocycles. The van der Waals surface area contributed by atoms with E-state index in [1.54, 1.807) is 6.92 Å². The summed E-state index contributed by atoms with van der Waals surface area (Å²) < 4.78 is 17.2. The molecule has 2 aromatic carbocycles. The number of methoxy groups -OCH3 is 1. The molecular formula is C31H35NO13. The van der Waals surface area contributed by atoms with Crippen molar-refractivity contribution >= 4 is 23.3 Å². The van der Waals surface area contributed by atoms with E-state index in [0.717, 1.165) is 0 Å². The van der Waals surface area contributed by atoms with E-state index in [4.69, 9.17) is 19.0 Å². The quantitative estimate of drug-likeness (QED) is 0.143. The monoisotopic (exact) mass is 629 g/mol. The second-order valence-electron chi connectivity index (χ2n) is 11.4. The number of carbonyl (C=O) groups excluding carboxylic acids is 4. The van der Waals surface area contributed by atoms with Crippen molar-refractivity contribution in [2.75, 3.05) is 13.7 Å². The summed E-state index contributed by atoms with van der Waals surface area (Å²) in [6, 6.07) is 3.46. The Bertz CT molecular complexity index is 1550. The van der Waals surface area contributed by atoms with Gasteiger partial charge in [-0.1, -0.05) is 19.1 Å². The third-order valence-corrected chi connectivity index (χ3v) is 8.54. The number of nitrogens with one attached hydrogen (secondary N) is 1. The number of ketones is 3. The van der Waals surface area contributed by atoms with Gasteiger partial charge in [-0.05, 0) is 19.4 Å². The molecule has 1 aliphatic heterocycles. The Hall–Kier alpha value is -3.92. The van der Waals surface area contributed by atoms with E-state index in [9.17, 15) is 44.7 Å². The van der Waals surface area contributed by atoms with Gasteiger partial charge in [-0.2, -0.15) is 0 Å².